The zero-order chi connectivity index (χ0) is 14.3. The Bertz CT molecular complexity index is 576. The smallest absolute Gasteiger partial charge is 0.229 e. The largest absolute Gasteiger partial charge is 0.497 e. The van der Waals surface area contributed by atoms with Crippen molar-refractivity contribution in [3.05, 3.63) is 29.3 Å². The number of carbonyl (C=O) groups excluding carboxylic acids is 2. The van der Waals surface area contributed by atoms with Crippen LogP contribution in [-0.2, 0) is 11.2 Å². The third kappa shape index (κ3) is 1.88. The van der Waals surface area contributed by atoms with Crippen LogP contribution in [0.2, 0.25) is 0 Å². The number of hydrogen-bond donors (Lipinski definition) is 0. The molecule has 3 nitrogen and oxygen atoms in total. The lowest BCUT2D eigenvalue weighted by Crippen LogP contribution is -2.41. The second-order valence-corrected chi connectivity index (χ2v) is 6.25. The van der Waals surface area contributed by atoms with E-state index in [9.17, 15) is 9.59 Å². The fraction of sp³-hybridized carbons (Fsp3) is 0.529. The van der Waals surface area contributed by atoms with E-state index in [1.165, 1.54) is 0 Å². The topological polar surface area (TPSA) is 43.4 Å². The molecule has 0 heterocycles. The fourth-order valence-electron chi connectivity index (χ4n) is 3.75. The monoisotopic (exact) mass is 272 g/mol. The zero-order valence-electron chi connectivity index (χ0n) is 12.1. The van der Waals surface area contributed by atoms with Crippen LogP contribution in [0.1, 0.15) is 48.5 Å². The molecule has 1 aromatic rings. The Kier molecular flexibility index (Phi) is 3.15. The molecule has 2 atom stereocenters. The van der Waals surface area contributed by atoms with Gasteiger partial charge in [0, 0.05) is 11.0 Å². The first kappa shape index (κ1) is 13.3. The molecule has 1 saturated carbocycles. The van der Waals surface area contributed by atoms with Crippen LogP contribution >= 0.6 is 0 Å². The lowest BCUT2D eigenvalue weighted by atomic mass is 9.64. The lowest BCUT2D eigenvalue weighted by Gasteiger charge is -2.38. The van der Waals surface area contributed by atoms with Gasteiger partial charge in [-0.25, -0.2) is 0 Å². The Hall–Kier alpha value is -1.64. The molecule has 0 aliphatic heterocycles. The first-order valence-electron chi connectivity index (χ1n) is 7.32. The van der Waals surface area contributed by atoms with E-state index in [2.05, 4.69) is 0 Å². The van der Waals surface area contributed by atoms with Crippen LogP contribution in [0.25, 0.3) is 0 Å². The van der Waals surface area contributed by atoms with Gasteiger partial charge >= 0.3 is 0 Å². The molecule has 0 aromatic heterocycles. The van der Waals surface area contributed by atoms with Crippen LogP contribution in [0.15, 0.2) is 18.2 Å². The van der Waals surface area contributed by atoms with E-state index in [1.807, 2.05) is 19.1 Å². The number of ketones is 2. The molecule has 0 radical (unpaired) electrons. The highest BCUT2D eigenvalue weighted by Gasteiger charge is 2.48. The van der Waals surface area contributed by atoms with Crippen molar-refractivity contribution in [1.82, 2.24) is 0 Å². The molecule has 0 N–H and O–H groups in total. The van der Waals surface area contributed by atoms with Gasteiger partial charge in [0.2, 0.25) is 11.6 Å². The highest BCUT2D eigenvalue weighted by atomic mass is 16.5. The quantitative estimate of drug-likeness (QED) is 0.737. The van der Waals surface area contributed by atoms with Gasteiger partial charge in [0.15, 0.2) is 0 Å². The SMILES string of the molecule is COc1ccc2c(c1)C(=O)C(=O)[C@]1(C)CCCC[C@@H]1C2. The molecule has 20 heavy (non-hydrogen) atoms. The number of ether oxygens (including phenoxy) is 1. The van der Waals surface area contributed by atoms with Crippen molar-refractivity contribution in [1.29, 1.82) is 0 Å². The van der Waals surface area contributed by atoms with Crippen molar-refractivity contribution in [2.24, 2.45) is 11.3 Å². The molecule has 0 saturated heterocycles. The van der Waals surface area contributed by atoms with Crippen LogP contribution in [0.3, 0.4) is 0 Å². The molecule has 1 fully saturated rings. The number of benzene rings is 1. The van der Waals surface area contributed by atoms with Crippen LogP contribution < -0.4 is 4.74 Å². The summed E-state index contributed by atoms with van der Waals surface area (Å²) in [4.78, 5) is 25.2. The summed E-state index contributed by atoms with van der Waals surface area (Å²) in [6, 6.07) is 5.54. The van der Waals surface area contributed by atoms with Gasteiger partial charge in [0.1, 0.15) is 5.75 Å². The Morgan fingerprint density at radius 2 is 2.05 bits per heavy atom. The van der Waals surface area contributed by atoms with Gasteiger partial charge in [-0.3, -0.25) is 9.59 Å². The van der Waals surface area contributed by atoms with Crippen molar-refractivity contribution in [2.45, 2.75) is 39.0 Å². The maximum atomic E-state index is 12.7. The van der Waals surface area contributed by atoms with Crippen molar-refractivity contribution in [3.8, 4) is 5.75 Å². The third-order valence-electron chi connectivity index (χ3n) is 5.15. The summed E-state index contributed by atoms with van der Waals surface area (Å²) in [6.45, 7) is 1.99. The molecule has 106 valence electrons. The number of Topliss-reactive ketones (excluding diaryl/α,β-unsaturated/α-hetero) is 2. The number of methoxy groups -OCH3 is 1. The summed E-state index contributed by atoms with van der Waals surface area (Å²) in [5.74, 6) is 0.405. The van der Waals surface area contributed by atoms with Gasteiger partial charge in [-0.05, 0) is 42.9 Å². The minimum atomic E-state index is -0.471. The average molecular weight is 272 g/mol. The Labute approximate surface area is 119 Å². The predicted molar refractivity (Wildman–Crippen MR) is 76.1 cm³/mol. The van der Waals surface area contributed by atoms with Crippen molar-refractivity contribution < 1.29 is 14.3 Å². The second-order valence-electron chi connectivity index (χ2n) is 6.25. The Balaban J connectivity index is 2.10. The summed E-state index contributed by atoms with van der Waals surface area (Å²) in [7, 11) is 1.58. The maximum Gasteiger partial charge on any atom is 0.229 e. The highest BCUT2D eigenvalue weighted by molar-refractivity contribution is 6.46. The number of hydrogen-bond acceptors (Lipinski definition) is 3. The molecule has 0 unspecified atom stereocenters. The highest BCUT2D eigenvalue weighted by Crippen LogP contribution is 2.46. The molecule has 3 heteroatoms. The fourth-order valence-corrected chi connectivity index (χ4v) is 3.75. The van der Waals surface area contributed by atoms with Crippen molar-refractivity contribution >= 4 is 11.6 Å². The van der Waals surface area contributed by atoms with E-state index in [-0.39, 0.29) is 11.6 Å². The zero-order valence-corrected chi connectivity index (χ0v) is 12.1. The summed E-state index contributed by atoms with van der Waals surface area (Å²) < 4.78 is 5.18. The van der Waals surface area contributed by atoms with Gasteiger partial charge < -0.3 is 4.74 Å². The molecule has 0 amide bonds. The van der Waals surface area contributed by atoms with Gasteiger partial charge in [0.05, 0.1) is 7.11 Å². The first-order chi connectivity index (χ1) is 9.56. The summed E-state index contributed by atoms with van der Waals surface area (Å²) in [5, 5.41) is 0. The molecular weight excluding hydrogens is 252 g/mol. The average Bonchev–Trinajstić information content (AvgIpc) is 2.55. The number of rotatable bonds is 1. The number of carbonyl (C=O) groups is 2. The Morgan fingerprint density at radius 3 is 2.80 bits per heavy atom. The van der Waals surface area contributed by atoms with Gasteiger partial charge in [-0.1, -0.05) is 25.8 Å². The van der Waals surface area contributed by atoms with Crippen molar-refractivity contribution in [3.63, 3.8) is 0 Å². The van der Waals surface area contributed by atoms with Crippen LogP contribution in [0.5, 0.6) is 5.75 Å². The van der Waals surface area contributed by atoms with E-state index in [0.717, 1.165) is 37.7 Å². The van der Waals surface area contributed by atoms with E-state index in [1.54, 1.807) is 13.2 Å². The molecular formula is C17H20O3. The number of fused-ring (bicyclic) bond motifs is 2. The molecule has 2 aliphatic rings. The van der Waals surface area contributed by atoms with Crippen LogP contribution in [0.4, 0.5) is 0 Å². The Morgan fingerprint density at radius 1 is 1.25 bits per heavy atom. The minimum Gasteiger partial charge on any atom is -0.497 e. The van der Waals surface area contributed by atoms with Crippen LogP contribution in [0, 0.1) is 11.3 Å². The molecule has 0 spiro atoms. The van der Waals surface area contributed by atoms with E-state index < -0.39 is 5.41 Å². The van der Waals surface area contributed by atoms with E-state index >= 15 is 0 Å². The molecule has 2 aliphatic carbocycles. The predicted octanol–water partition coefficient (Wildman–Crippen LogP) is 3.20. The normalized spacial score (nSPS) is 29.4. The van der Waals surface area contributed by atoms with Gasteiger partial charge in [0.25, 0.3) is 0 Å². The molecule has 0 bridgehead atoms. The summed E-state index contributed by atoms with van der Waals surface area (Å²) in [6.07, 6.45) is 4.92. The minimum absolute atomic E-state index is 0.200. The first-order valence-corrected chi connectivity index (χ1v) is 7.32. The van der Waals surface area contributed by atoms with Crippen molar-refractivity contribution in [2.75, 3.05) is 7.11 Å². The second kappa shape index (κ2) is 4.72. The van der Waals surface area contributed by atoms with E-state index in [0.29, 0.717) is 17.2 Å². The molecule has 3 rings (SSSR count). The summed E-state index contributed by atoms with van der Waals surface area (Å²) in [5.41, 5.74) is 1.08. The summed E-state index contributed by atoms with van der Waals surface area (Å²) >= 11 is 0. The lowest BCUT2D eigenvalue weighted by molar-refractivity contribution is -0.127. The van der Waals surface area contributed by atoms with Crippen LogP contribution in [-0.4, -0.2) is 18.7 Å². The third-order valence-corrected chi connectivity index (χ3v) is 5.15. The maximum absolute atomic E-state index is 12.7. The standard InChI is InChI=1S/C17H20O3/c1-17-8-4-3-5-12(17)9-11-6-7-13(20-2)10-14(11)15(18)16(17)19/h6-7,10,12H,3-5,8-9H2,1-2H3/t12-,17-/m1/s1. The van der Waals surface area contributed by atoms with Gasteiger partial charge in [-0.2, -0.15) is 0 Å². The van der Waals surface area contributed by atoms with E-state index in [4.69, 9.17) is 4.74 Å². The van der Waals surface area contributed by atoms with Gasteiger partial charge in [-0.15, -0.1) is 0 Å². The molecule has 1 aromatic carbocycles.